The van der Waals surface area contributed by atoms with E-state index < -0.39 is 42.5 Å². The van der Waals surface area contributed by atoms with Crippen LogP contribution in [0, 0.1) is 5.92 Å². The van der Waals surface area contributed by atoms with Crippen molar-refractivity contribution in [2.75, 3.05) is 46.3 Å². The van der Waals surface area contributed by atoms with Gasteiger partial charge in [0, 0.05) is 62.4 Å². The van der Waals surface area contributed by atoms with Crippen LogP contribution in [0.3, 0.4) is 0 Å². The summed E-state index contributed by atoms with van der Waals surface area (Å²) in [5.41, 5.74) is 9.07. The molecule has 6 N–H and O–H groups in total. The van der Waals surface area contributed by atoms with E-state index in [9.17, 15) is 24.3 Å². The Hall–Kier alpha value is -4.20. The molecular formula is C28H37N5O8. The maximum absolute atomic E-state index is 12.5. The molecule has 0 aliphatic carbocycles. The SMILES string of the molecule is CNC(=O)c1cc(-c2cccc(CN3O[C@@H](CNC(=O)CCC(=O)O)C(CO)[C@H]3C(N)=O)c2OC)cc(N(C)C)c1. The number of carbonyl (C=O) groups excluding carboxylic acids is 3. The van der Waals surface area contributed by atoms with Gasteiger partial charge in [0.25, 0.3) is 5.91 Å². The third kappa shape index (κ3) is 7.51. The molecule has 0 saturated carbocycles. The van der Waals surface area contributed by atoms with Gasteiger partial charge in [-0.2, -0.15) is 5.06 Å². The zero-order chi connectivity index (χ0) is 30.3. The van der Waals surface area contributed by atoms with Crippen molar-refractivity contribution in [1.29, 1.82) is 0 Å². The number of nitrogens with zero attached hydrogens (tertiary/aromatic N) is 2. The van der Waals surface area contributed by atoms with Crippen molar-refractivity contribution < 1.29 is 39.0 Å². The number of ether oxygens (including phenoxy) is 1. The number of carboxylic acid groups (broad SMARTS) is 1. The normalized spacial score (nSPS) is 18.5. The number of nitrogens with two attached hydrogens (primary N) is 1. The minimum atomic E-state index is -1.10. The van der Waals surface area contributed by atoms with E-state index in [-0.39, 0.29) is 31.8 Å². The van der Waals surface area contributed by atoms with Crippen LogP contribution in [0.1, 0.15) is 28.8 Å². The predicted molar refractivity (Wildman–Crippen MR) is 150 cm³/mol. The smallest absolute Gasteiger partial charge is 0.303 e. The van der Waals surface area contributed by atoms with Crippen LogP contribution in [0.5, 0.6) is 5.75 Å². The highest BCUT2D eigenvalue weighted by Crippen LogP contribution is 2.38. The molecule has 1 aliphatic heterocycles. The molecule has 2 aromatic carbocycles. The van der Waals surface area contributed by atoms with Crippen molar-refractivity contribution in [2.24, 2.45) is 11.7 Å². The third-order valence-electron chi connectivity index (χ3n) is 6.89. The van der Waals surface area contributed by atoms with E-state index in [1.165, 1.54) is 12.2 Å². The monoisotopic (exact) mass is 571 g/mol. The largest absolute Gasteiger partial charge is 0.496 e. The van der Waals surface area contributed by atoms with Gasteiger partial charge in [-0.15, -0.1) is 0 Å². The van der Waals surface area contributed by atoms with Gasteiger partial charge in [0.05, 0.1) is 26.7 Å². The van der Waals surface area contributed by atoms with Crippen molar-refractivity contribution in [3.05, 3.63) is 47.5 Å². The van der Waals surface area contributed by atoms with Gasteiger partial charge in [-0.25, -0.2) is 0 Å². The molecule has 13 nitrogen and oxygen atoms in total. The number of aliphatic carboxylic acids is 1. The van der Waals surface area contributed by atoms with Crippen LogP contribution in [0.4, 0.5) is 5.69 Å². The Bertz CT molecular complexity index is 1280. The molecule has 13 heteroatoms. The first kappa shape index (κ1) is 31.3. The maximum atomic E-state index is 12.5. The van der Waals surface area contributed by atoms with E-state index in [0.29, 0.717) is 22.4 Å². The number of nitrogens with one attached hydrogen (secondary N) is 2. The maximum Gasteiger partial charge on any atom is 0.303 e. The Balaban J connectivity index is 1.92. The van der Waals surface area contributed by atoms with E-state index >= 15 is 0 Å². The van der Waals surface area contributed by atoms with Crippen molar-refractivity contribution >= 4 is 29.4 Å². The average molecular weight is 572 g/mol. The molecule has 222 valence electrons. The van der Waals surface area contributed by atoms with Crippen LogP contribution in [0.2, 0.25) is 0 Å². The first-order valence-corrected chi connectivity index (χ1v) is 13.0. The topological polar surface area (TPSA) is 184 Å². The van der Waals surface area contributed by atoms with Gasteiger partial charge in [0.2, 0.25) is 11.8 Å². The van der Waals surface area contributed by atoms with Gasteiger partial charge < -0.3 is 36.2 Å². The van der Waals surface area contributed by atoms with Gasteiger partial charge in [-0.1, -0.05) is 18.2 Å². The molecule has 0 bridgehead atoms. The van der Waals surface area contributed by atoms with E-state index in [4.69, 9.17) is 20.4 Å². The van der Waals surface area contributed by atoms with E-state index in [2.05, 4.69) is 10.6 Å². The molecule has 1 aliphatic rings. The lowest BCUT2D eigenvalue weighted by molar-refractivity contribution is -0.174. The summed E-state index contributed by atoms with van der Waals surface area (Å²) in [5.74, 6) is -2.80. The number of methoxy groups -OCH3 is 1. The first-order chi connectivity index (χ1) is 19.5. The summed E-state index contributed by atoms with van der Waals surface area (Å²) < 4.78 is 5.80. The summed E-state index contributed by atoms with van der Waals surface area (Å²) >= 11 is 0. The fraction of sp³-hybridized carbons (Fsp3) is 0.429. The lowest BCUT2D eigenvalue weighted by Crippen LogP contribution is -2.45. The second kappa shape index (κ2) is 13.9. The van der Waals surface area contributed by atoms with Crippen molar-refractivity contribution in [1.82, 2.24) is 15.7 Å². The Morgan fingerprint density at radius 2 is 1.88 bits per heavy atom. The zero-order valence-corrected chi connectivity index (χ0v) is 23.5. The Morgan fingerprint density at radius 1 is 1.15 bits per heavy atom. The number of rotatable bonds is 13. The molecule has 1 unspecified atom stereocenters. The molecule has 41 heavy (non-hydrogen) atoms. The molecule has 3 amide bonds. The van der Waals surface area contributed by atoms with E-state index in [1.807, 2.05) is 37.2 Å². The molecule has 0 radical (unpaired) electrons. The molecule has 1 saturated heterocycles. The number of amides is 3. The highest BCUT2D eigenvalue weighted by atomic mass is 16.7. The number of hydrogen-bond donors (Lipinski definition) is 5. The standard InChI is InChI=1S/C28H37N5O8/c1-30-28(39)18-10-17(11-19(12-18)32(2)3)20-7-5-6-16(26(20)40-4)14-33-25(27(29)38)21(15-34)22(41-33)13-31-23(35)8-9-24(36)37/h5-7,10-12,21-22,25,34H,8-9,13-15H2,1-4H3,(H2,29,38)(H,30,39)(H,31,35)(H,36,37)/t21?,22-,25-/m0/s1. The number of benzene rings is 2. The fourth-order valence-corrected chi connectivity index (χ4v) is 4.80. The number of carbonyl (C=O) groups is 4. The van der Waals surface area contributed by atoms with Crippen LogP contribution in [0.15, 0.2) is 36.4 Å². The Kier molecular flexibility index (Phi) is 10.6. The molecule has 1 fully saturated rings. The average Bonchev–Trinajstić information content (AvgIpc) is 3.31. The number of carboxylic acids is 1. The highest BCUT2D eigenvalue weighted by molar-refractivity contribution is 5.97. The lowest BCUT2D eigenvalue weighted by Gasteiger charge is -2.24. The second-order valence-electron chi connectivity index (χ2n) is 9.85. The molecule has 1 heterocycles. The van der Waals surface area contributed by atoms with Gasteiger partial charge >= 0.3 is 5.97 Å². The van der Waals surface area contributed by atoms with E-state index in [1.54, 1.807) is 25.2 Å². The lowest BCUT2D eigenvalue weighted by atomic mass is 9.94. The quantitative estimate of drug-likeness (QED) is 0.225. The second-order valence-corrected chi connectivity index (χ2v) is 9.85. The summed E-state index contributed by atoms with van der Waals surface area (Å²) in [6.45, 7) is -0.433. The minimum absolute atomic E-state index is 0.0548. The van der Waals surface area contributed by atoms with Crippen LogP contribution in [-0.2, 0) is 25.8 Å². The number of aliphatic hydroxyl groups is 1. The highest BCUT2D eigenvalue weighted by Gasteiger charge is 2.46. The number of hydrogen-bond acceptors (Lipinski definition) is 9. The first-order valence-electron chi connectivity index (χ1n) is 13.0. The molecule has 0 aromatic heterocycles. The Morgan fingerprint density at radius 3 is 2.46 bits per heavy atom. The number of hydroxylamine groups is 2. The van der Waals surface area contributed by atoms with Crippen molar-refractivity contribution in [2.45, 2.75) is 31.5 Å². The summed E-state index contributed by atoms with van der Waals surface area (Å²) in [7, 11) is 6.82. The van der Waals surface area contributed by atoms with Gasteiger partial charge in [0.15, 0.2) is 0 Å². The van der Waals surface area contributed by atoms with Gasteiger partial charge in [-0.05, 0) is 23.8 Å². The number of primary amides is 1. The number of para-hydroxylation sites is 1. The summed E-state index contributed by atoms with van der Waals surface area (Å²) in [6, 6.07) is 9.93. The molecular weight excluding hydrogens is 534 g/mol. The van der Waals surface area contributed by atoms with Crippen LogP contribution >= 0.6 is 0 Å². The fourth-order valence-electron chi connectivity index (χ4n) is 4.80. The van der Waals surface area contributed by atoms with Gasteiger partial charge in [0.1, 0.15) is 17.9 Å². The molecule has 3 rings (SSSR count). The van der Waals surface area contributed by atoms with E-state index in [0.717, 1.165) is 11.3 Å². The number of aliphatic hydroxyl groups excluding tert-OH is 1. The van der Waals surface area contributed by atoms with Crippen molar-refractivity contribution in [3.63, 3.8) is 0 Å². The molecule has 0 spiro atoms. The predicted octanol–water partition coefficient (Wildman–Crippen LogP) is 0.347. The minimum Gasteiger partial charge on any atom is -0.496 e. The van der Waals surface area contributed by atoms with Crippen molar-refractivity contribution in [3.8, 4) is 16.9 Å². The Labute approximate surface area is 238 Å². The van der Waals surface area contributed by atoms with Crippen LogP contribution in [-0.4, -0.2) is 92.5 Å². The number of anilines is 1. The van der Waals surface area contributed by atoms with Crippen LogP contribution in [0.25, 0.3) is 11.1 Å². The molecule has 2 aromatic rings. The summed E-state index contributed by atoms with van der Waals surface area (Å²) in [5, 5.41) is 25.5. The van der Waals surface area contributed by atoms with Crippen LogP contribution < -0.4 is 26.0 Å². The summed E-state index contributed by atoms with van der Waals surface area (Å²) in [4.78, 5) is 55.6. The zero-order valence-electron chi connectivity index (χ0n) is 23.5. The summed E-state index contributed by atoms with van der Waals surface area (Å²) in [6.07, 6.45) is -1.32. The van der Waals surface area contributed by atoms with Gasteiger partial charge in [-0.3, -0.25) is 24.0 Å². The third-order valence-corrected chi connectivity index (χ3v) is 6.89. The molecule has 3 atom stereocenters.